The van der Waals surface area contributed by atoms with Gasteiger partial charge >= 0.3 is 0 Å². The SMILES string of the molecule is Cc1ncnc(NCCCN2CCOCC2)c1F. The Morgan fingerprint density at radius 2 is 2.17 bits per heavy atom. The summed E-state index contributed by atoms with van der Waals surface area (Å²) in [5, 5.41) is 3.01. The molecule has 0 bridgehead atoms. The summed E-state index contributed by atoms with van der Waals surface area (Å²) >= 11 is 0. The molecule has 18 heavy (non-hydrogen) atoms. The molecule has 0 atom stereocenters. The molecule has 0 aliphatic carbocycles. The van der Waals surface area contributed by atoms with Gasteiger partial charge in [-0.3, -0.25) is 4.90 Å². The Kier molecular flexibility index (Phi) is 4.83. The van der Waals surface area contributed by atoms with Gasteiger partial charge in [0.2, 0.25) is 0 Å². The molecule has 2 rings (SSSR count). The van der Waals surface area contributed by atoms with Crippen LogP contribution in [0.4, 0.5) is 10.2 Å². The Labute approximate surface area is 106 Å². The highest BCUT2D eigenvalue weighted by molar-refractivity contribution is 5.36. The summed E-state index contributed by atoms with van der Waals surface area (Å²) < 4.78 is 18.8. The van der Waals surface area contributed by atoms with Gasteiger partial charge in [0, 0.05) is 19.6 Å². The molecule has 100 valence electrons. The summed E-state index contributed by atoms with van der Waals surface area (Å²) in [6, 6.07) is 0. The number of hydrogen-bond donors (Lipinski definition) is 1. The van der Waals surface area contributed by atoms with Gasteiger partial charge in [-0.1, -0.05) is 0 Å². The molecule has 0 saturated carbocycles. The Balaban J connectivity index is 1.70. The first-order valence-corrected chi connectivity index (χ1v) is 6.28. The minimum absolute atomic E-state index is 0.296. The summed E-state index contributed by atoms with van der Waals surface area (Å²) in [5.41, 5.74) is 0.376. The van der Waals surface area contributed by atoms with Gasteiger partial charge in [-0.15, -0.1) is 0 Å². The maximum absolute atomic E-state index is 13.6. The molecule has 0 amide bonds. The second-order valence-electron chi connectivity index (χ2n) is 4.36. The monoisotopic (exact) mass is 254 g/mol. The van der Waals surface area contributed by atoms with Crippen LogP contribution >= 0.6 is 0 Å². The number of morpholine rings is 1. The molecule has 0 spiro atoms. The lowest BCUT2D eigenvalue weighted by Crippen LogP contribution is -2.37. The van der Waals surface area contributed by atoms with Crippen LogP contribution in [0.5, 0.6) is 0 Å². The van der Waals surface area contributed by atoms with Crippen molar-refractivity contribution in [3.8, 4) is 0 Å². The lowest BCUT2D eigenvalue weighted by molar-refractivity contribution is 0.0378. The van der Waals surface area contributed by atoms with Crippen LogP contribution in [0.2, 0.25) is 0 Å². The number of hydrogen-bond acceptors (Lipinski definition) is 5. The fraction of sp³-hybridized carbons (Fsp3) is 0.667. The van der Waals surface area contributed by atoms with E-state index < -0.39 is 0 Å². The van der Waals surface area contributed by atoms with E-state index in [4.69, 9.17) is 4.74 Å². The molecule has 1 fully saturated rings. The zero-order chi connectivity index (χ0) is 12.8. The zero-order valence-electron chi connectivity index (χ0n) is 10.7. The quantitative estimate of drug-likeness (QED) is 0.796. The molecule has 1 saturated heterocycles. The Hall–Kier alpha value is -1.27. The van der Waals surface area contributed by atoms with E-state index in [1.54, 1.807) is 6.92 Å². The number of aromatic nitrogens is 2. The zero-order valence-corrected chi connectivity index (χ0v) is 10.7. The summed E-state index contributed by atoms with van der Waals surface area (Å²) in [4.78, 5) is 10.0. The van der Waals surface area contributed by atoms with Gasteiger partial charge < -0.3 is 10.1 Å². The van der Waals surface area contributed by atoms with Crippen molar-refractivity contribution in [2.75, 3.05) is 44.7 Å². The van der Waals surface area contributed by atoms with Gasteiger partial charge in [-0.2, -0.15) is 0 Å². The molecular weight excluding hydrogens is 235 g/mol. The molecular formula is C12H19FN4O. The lowest BCUT2D eigenvalue weighted by Gasteiger charge is -2.26. The van der Waals surface area contributed by atoms with Crippen molar-refractivity contribution in [3.63, 3.8) is 0 Å². The highest BCUT2D eigenvalue weighted by Crippen LogP contribution is 2.11. The first-order chi connectivity index (χ1) is 8.77. The highest BCUT2D eigenvalue weighted by Gasteiger charge is 2.10. The normalized spacial score (nSPS) is 16.8. The molecule has 0 unspecified atom stereocenters. The van der Waals surface area contributed by atoms with Gasteiger partial charge in [0.1, 0.15) is 6.33 Å². The molecule has 1 aliphatic rings. The maximum atomic E-state index is 13.6. The van der Waals surface area contributed by atoms with Gasteiger partial charge in [-0.05, 0) is 19.9 Å². The van der Waals surface area contributed by atoms with Crippen LogP contribution in [0, 0.1) is 12.7 Å². The Morgan fingerprint density at radius 1 is 1.39 bits per heavy atom. The van der Waals surface area contributed by atoms with Crippen LogP contribution in [0.1, 0.15) is 12.1 Å². The van der Waals surface area contributed by atoms with Gasteiger partial charge in [0.25, 0.3) is 0 Å². The molecule has 1 aromatic rings. The summed E-state index contributed by atoms with van der Waals surface area (Å²) in [5.74, 6) is -0.0617. The number of aryl methyl sites for hydroxylation is 1. The molecule has 0 radical (unpaired) electrons. The average Bonchev–Trinajstić information content (AvgIpc) is 2.40. The molecule has 1 N–H and O–H groups in total. The fourth-order valence-electron chi connectivity index (χ4n) is 1.92. The van der Waals surface area contributed by atoms with Crippen molar-refractivity contribution in [1.82, 2.24) is 14.9 Å². The smallest absolute Gasteiger partial charge is 0.186 e. The molecule has 1 aliphatic heterocycles. The van der Waals surface area contributed by atoms with Crippen molar-refractivity contribution in [2.24, 2.45) is 0 Å². The summed E-state index contributed by atoms with van der Waals surface area (Å²) in [7, 11) is 0. The topological polar surface area (TPSA) is 50.3 Å². The third-order valence-corrected chi connectivity index (χ3v) is 3.01. The van der Waals surface area contributed by atoms with E-state index in [0.29, 0.717) is 18.1 Å². The Morgan fingerprint density at radius 3 is 2.94 bits per heavy atom. The van der Waals surface area contributed by atoms with E-state index in [1.807, 2.05) is 0 Å². The van der Waals surface area contributed by atoms with E-state index >= 15 is 0 Å². The maximum Gasteiger partial charge on any atom is 0.186 e. The van der Waals surface area contributed by atoms with Crippen molar-refractivity contribution >= 4 is 5.82 Å². The van der Waals surface area contributed by atoms with Crippen LogP contribution in [-0.4, -0.2) is 54.3 Å². The minimum atomic E-state index is -0.358. The standard InChI is InChI=1S/C12H19FN4O/c1-10-11(13)12(16-9-15-10)14-3-2-4-17-5-7-18-8-6-17/h9H,2-8H2,1H3,(H,14,15,16). The molecule has 1 aromatic heterocycles. The number of anilines is 1. The van der Waals surface area contributed by atoms with Crippen molar-refractivity contribution in [3.05, 3.63) is 17.8 Å². The van der Waals surface area contributed by atoms with Crippen molar-refractivity contribution < 1.29 is 9.13 Å². The van der Waals surface area contributed by atoms with Gasteiger partial charge in [0.05, 0.1) is 18.9 Å². The van der Waals surface area contributed by atoms with Gasteiger partial charge in [-0.25, -0.2) is 14.4 Å². The predicted molar refractivity (Wildman–Crippen MR) is 67.1 cm³/mol. The van der Waals surface area contributed by atoms with Crippen LogP contribution in [-0.2, 0) is 4.74 Å². The second kappa shape index (κ2) is 6.61. The highest BCUT2D eigenvalue weighted by atomic mass is 19.1. The number of ether oxygens (including phenoxy) is 1. The number of nitrogens with zero attached hydrogens (tertiary/aromatic N) is 3. The summed E-state index contributed by atoms with van der Waals surface area (Å²) in [6.07, 6.45) is 2.34. The predicted octanol–water partition coefficient (Wildman–Crippen LogP) is 1.06. The Bertz CT molecular complexity index is 382. The molecule has 0 aromatic carbocycles. The third kappa shape index (κ3) is 3.61. The first-order valence-electron chi connectivity index (χ1n) is 6.28. The second-order valence-corrected chi connectivity index (χ2v) is 4.36. The van der Waals surface area contributed by atoms with E-state index in [9.17, 15) is 4.39 Å². The molecule has 6 heteroatoms. The summed E-state index contributed by atoms with van der Waals surface area (Å²) in [6.45, 7) is 6.95. The van der Waals surface area contributed by atoms with Gasteiger partial charge in [0.15, 0.2) is 11.6 Å². The first kappa shape index (κ1) is 13.2. The van der Waals surface area contributed by atoms with Crippen LogP contribution in [0.3, 0.4) is 0 Å². The fourth-order valence-corrected chi connectivity index (χ4v) is 1.92. The number of rotatable bonds is 5. The van der Waals surface area contributed by atoms with E-state index in [2.05, 4.69) is 20.2 Å². The molecule has 5 nitrogen and oxygen atoms in total. The number of nitrogens with one attached hydrogen (secondary N) is 1. The van der Waals surface area contributed by atoms with E-state index in [-0.39, 0.29) is 5.82 Å². The third-order valence-electron chi connectivity index (χ3n) is 3.01. The van der Waals surface area contributed by atoms with Crippen molar-refractivity contribution in [1.29, 1.82) is 0 Å². The van der Waals surface area contributed by atoms with Crippen LogP contribution in [0.15, 0.2) is 6.33 Å². The van der Waals surface area contributed by atoms with Crippen molar-refractivity contribution in [2.45, 2.75) is 13.3 Å². The van der Waals surface area contributed by atoms with Crippen LogP contribution in [0.25, 0.3) is 0 Å². The number of halogens is 1. The largest absolute Gasteiger partial charge is 0.379 e. The molecule has 2 heterocycles. The average molecular weight is 254 g/mol. The lowest BCUT2D eigenvalue weighted by atomic mass is 10.3. The van der Waals surface area contributed by atoms with Crippen LogP contribution < -0.4 is 5.32 Å². The van der Waals surface area contributed by atoms with E-state index in [1.165, 1.54) is 6.33 Å². The minimum Gasteiger partial charge on any atom is -0.379 e. The van der Waals surface area contributed by atoms with E-state index in [0.717, 1.165) is 39.3 Å².